The molecule has 0 N–H and O–H groups in total. The molecule has 0 aliphatic rings. The summed E-state index contributed by atoms with van der Waals surface area (Å²) in [5.74, 6) is 0.830. The van der Waals surface area contributed by atoms with E-state index in [-0.39, 0.29) is 0 Å². The molecule has 4 nitrogen and oxygen atoms in total. The van der Waals surface area contributed by atoms with E-state index in [2.05, 4.69) is 82.8 Å². The van der Waals surface area contributed by atoms with Gasteiger partial charge in [-0.3, -0.25) is 0 Å². The first-order chi connectivity index (χ1) is 12.2. The molecule has 0 saturated carbocycles. The molecule has 0 fully saturated rings. The fraction of sp³-hybridized carbons (Fsp3) is 0.250. The molecule has 0 aliphatic carbocycles. The molecule has 0 radical (unpaired) electrons. The highest BCUT2D eigenvalue weighted by Gasteiger charge is 2.10. The molecule has 128 valence electrons. The van der Waals surface area contributed by atoms with E-state index in [4.69, 9.17) is 0 Å². The van der Waals surface area contributed by atoms with Crippen molar-refractivity contribution in [1.29, 1.82) is 0 Å². The van der Waals surface area contributed by atoms with Gasteiger partial charge >= 0.3 is 0 Å². The maximum Gasteiger partial charge on any atom is 0.214 e. The topological polar surface area (TPSA) is 31.8 Å². The van der Waals surface area contributed by atoms with Gasteiger partial charge in [0.25, 0.3) is 0 Å². The molecule has 0 amide bonds. The SMILES string of the molecule is CC[n+]1ccc(N=Nc2ccc(N(C)CCS)cc2)c2ccccc21. The highest BCUT2D eigenvalue weighted by molar-refractivity contribution is 7.80. The van der Waals surface area contributed by atoms with Gasteiger partial charge in [0.2, 0.25) is 5.52 Å². The van der Waals surface area contributed by atoms with Crippen LogP contribution in [-0.2, 0) is 6.54 Å². The second kappa shape index (κ2) is 8.12. The number of rotatable bonds is 6. The Balaban J connectivity index is 1.86. The number of pyridine rings is 1. The van der Waals surface area contributed by atoms with Crippen LogP contribution >= 0.6 is 12.6 Å². The van der Waals surface area contributed by atoms with Crippen LogP contribution in [0.1, 0.15) is 6.92 Å². The number of fused-ring (bicyclic) bond motifs is 1. The van der Waals surface area contributed by atoms with Crippen molar-refractivity contribution in [1.82, 2.24) is 0 Å². The number of para-hydroxylation sites is 1. The first-order valence-electron chi connectivity index (χ1n) is 8.48. The zero-order chi connectivity index (χ0) is 17.6. The summed E-state index contributed by atoms with van der Waals surface area (Å²) in [5.41, 5.74) is 4.06. The number of azo groups is 1. The van der Waals surface area contributed by atoms with Crippen molar-refractivity contribution in [3.63, 3.8) is 0 Å². The van der Waals surface area contributed by atoms with Crippen LogP contribution in [-0.4, -0.2) is 19.3 Å². The van der Waals surface area contributed by atoms with E-state index in [0.717, 1.165) is 41.3 Å². The molecule has 25 heavy (non-hydrogen) atoms. The zero-order valence-corrected chi connectivity index (χ0v) is 15.5. The summed E-state index contributed by atoms with van der Waals surface area (Å²) in [4.78, 5) is 2.17. The molecule has 1 heterocycles. The molecule has 0 saturated heterocycles. The van der Waals surface area contributed by atoms with Crippen LogP contribution in [0.25, 0.3) is 10.9 Å². The lowest BCUT2D eigenvalue weighted by Crippen LogP contribution is -2.32. The number of aryl methyl sites for hydroxylation is 1. The van der Waals surface area contributed by atoms with Gasteiger partial charge in [-0.05, 0) is 37.3 Å². The summed E-state index contributed by atoms with van der Waals surface area (Å²) in [7, 11) is 2.06. The largest absolute Gasteiger partial charge is 0.374 e. The number of hydrogen-bond acceptors (Lipinski definition) is 4. The summed E-state index contributed by atoms with van der Waals surface area (Å²) < 4.78 is 2.21. The average Bonchev–Trinajstić information content (AvgIpc) is 2.66. The molecular weight excluding hydrogens is 328 g/mol. The van der Waals surface area contributed by atoms with Gasteiger partial charge in [0, 0.05) is 37.2 Å². The van der Waals surface area contributed by atoms with Crippen LogP contribution in [0, 0.1) is 0 Å². The molecule has 0 aliphatic heterocycles. The summed E-state index contributed by atoms with van der Waals surface area (Å²) in [6.45, 7) is 3.98. The van der Waals surface area contributed by atoms with Crippen LogP contribution in [0.15, 0.2) is 71.0 Å². The van der Waals surface area contributed by atoms with Crippen LogP contribution in [0.2, 0.25) is 0 Å². The number of hydrogen-bond donors (Lipinski definition) is 1. The molecule has 2 aromatic carbocycles. The summed E-state index contributed by atoms with van der Waals surface area (Å²) in [5, 5.41) is 10.00. The normalized spacial score (nSPS) is 11.3. The van der Waals surface area contributed by atoms with E-state index >= 15 is 0 Å². The first kappa shape index (κ1) is 17.4. The van der Waals surface area contributed by atoms with Gasteiger partial charge in [0.15, 0.2) is 6.20 Å². The van der Waals surface area contributed by atoms with E-state index in [1.165, 1.54) is 5.52 Å². The Morgan fingerprint density at radius 3 is 2.48 bits per heavy atom. The van der Waals surface area contributed by atoms with Gasteiger partial charge in [-0.25, -0.2) is 0 Å². The monoisotopic (exact) mass is 351 g/mol. The Morgan fingerprint density at radius 1 is 1.00 bits per heavy atom. The average molecular weight is 351 g/mol. The van der Waals surface area contributed by atoms with Crippen LogP contribution in [0.5, 0.6) is 0 Å². The molecule has 0 unspecified atom stereocenters. The van der Waals surface area contributed by atoms with Gasteiger partial charge in [-0.15, -0.1) is 5.11 Å². The van der Waals surface area contributed by atoms with Crippen molar-refractivity contribution >= 4 is 40.6 Å². The summed E-state index contributed by atoms with van der Waals surface area (Å²) >= 11 is 4.27. The highest BCUT2D eigenvalue weighted by atomic mass is 32.1. The number of nitrogens with zero attached hydrogens (tertiary/aromatic N) is 4. The third-order valence-corrected chi connectivity index (χ3v) is 4.44. The summed E-state index contributed by atoms with van der Waals surface area (Å²) in [6.07, 6.45) is 2.06. The van der Waals surface area contributed by atoms with E-state index in [9.17, 15) is 0 Å². The number of aromatic nitrogens is 1. The number of benzene rings is 2. The van der Waals surface area contributed by atoms with Crippen LogP contribution in [0.4, 0.5) is 17.1 Å². The molecule has 1 aromatic heterocycles. The fourth-order valence-electron chi connectivity index (χ4n) is 2.80. The first-order valence-corrected chi connectivity index (χ1v) is 9.11. The number of anilines is 1. The predicted octanol–water partition coefficient (Wildman–Crippen LogP) is 4.93. The lowest BCUT2D eigenvalue weighted by molar-refractivity contribution is -0.667. The third kappa shape index (κ3) is 3.99. The van der Waals surface area contributed by atoms with Crippen molar-refractivity contribution < 1.29 is 4.57 Å². The molecule has 0 spiro atoms. The molecule has 0 bridgehead atoms. The minimum Gasteiger partial charge on any atom is -0.374 e. The zero-order valence-electron chi connectivity index (χ0n) is 14.6. The van der Waals surface area contributed by atoms with Crippen molar-refractivity contribution in [2.24, 2.45) is 10.2 Å². The Morgan fingerprint density at radius 2 is 1.76 bits per heavy atom. The molecule has 3 rings (SSSR count). The standard InChI is InChI=1S/C20H22N4S/c1-3-24-13-12-19(18-6-4-5-7-20(18)24)22-21-16-8-10-17(11-9-16)23(2)14-15-25/h4-13H,3,14-15H2,1-2H3/p+1. The molecule has 0 atom stereocenters. The smallest absolute Gasteiger partial charge is 0.214 e. The van der Waals surface area contributed by atoms with Gasteiger partial charge in [0.1, 0.15) is 12.2 Å². The van der Waals surface area contributed by atoms with Crippen molar-refractivity contribution in [3.8, 4) is 0 Å². The molecule has 3 aromatic rings. The Hall–Kier alpha value is -2.40. The second-order valence-electron chi connectivity index (χ2n) is 5.87. The fourth-order valence-corrected chi connectivity index (χ4v) is 3.10. The minimum absolute atomic E-state index is 0.830. The van der Waals surface area contributed by atoms with Gasteiger partial charge < -0.3 is 4.90 Å². The maximum atomic E-state index is 4.48. The highest BCUT2D eigenvalue weighted by Crippen LogP contribution is 2.26. The quantitative estimate of drug-likeness (QED) is 0.381. The van der Waals surface area contributed by atoms with Gasteiger partial charge in [-0.2, -0.15) is 22.3 Å². The lowest BCUT2D eigenvalue weighted by Gasteiger charge is -2.17. The molecular formula is C20H23N4S+. The van der Waals surface area contributed by atoms with Crippen LogP contribution < -0.4 is 9.47 Å². The predicted molar refractivity (Wildman–Crippen MR) is 108 cm³/mol. The van der Waals surface area contributed by atoms with Crippen molar-refractivity contribution in [3.05, 3.63) is 60.8 Å². The maximum absolute atomic E-state index is 4.48. The van der Waals surface area contributed by atoms with Crippen molar-refractivity contribution in [2.75, 3.05) is 24.2 Å². The Bertz CT molecular complexity index is 875. The molecule has 5 heteroatoms. The van der Waals surface area contributed by atoms with Gasteiger partial charge in [0.05, 0.1) is 11.1 Å². The third-order valence-electron chi connectivity index (χ3n) is 4.24. The van der Waals surface area contributed by atoms with E-state index in [1.807, 2.05) is 24.3 Å². The minimum atomic E-state index is 0.830. The van der Waals surface area contributed by atoms with E-state index < -0.39 is 0 Å². The van der Waals surface area contributed by atoms with Crippen molar-refractivity contribution in [2.45, 2.75) is 13.5 Å². The second-order valence-corrected chi connectivity index (χ2v) is 6.31. The summed E-state index contributed by atoms with van der Waals surface area (Å²) in [6, 6.07) is 18.4. The van der Waals surface area contributed by atoms with E-state index in [0.29, 0.717) is 0 Å². The number of thiol groups is 1. The Kier molecular flexibility index (Phi) is 5.66. The van der Waals surface area contributed by atoms with E-state index in [1.54, 1.807) is 0 Å². The van der Waals surface area contributed by atoms with Crippen LogP contribution in [0.3, 0.4) is 0 Å². The lowest BCUT2D eigenvalue weighted by atomic mass is 10.2. The Labute approximate surface area is 154 Å². The van der Waals surface area contributed by atoms with Gasteiger partial charge in [-0.1, -0.05) is 12.1 Å².